The van der Waals surface area contributed by atoms with Gasteiger partial charge in [-0.3, -0.25) is 14.7 Å². The summed E-state index contributed by atoms with van der Waals surface area (Å²) in [6, 6.07) is 10.6. The molecule has 2 heterocycles. The SMILES string of the molecule is [2H]COc1ncc(-c2ccc3c(C(=O)NC)n[nH]c3c2)cc1C(=O)N[C@@H](C)c1cccc(C(F)(F)F)c1. The van der Waals surface area contributed by atoms with Crippen molar-refractivity contribution < 1.29 is 28.9 Å². The van der Waals surface area contributed by atoms with E-state index in [1.807, 2.05) is 0 Å². The second kappa shape index (κ2) is 9.68. The summed E-state index contributed by atoms with van der Waals surface area (Å²) >= 11 is 0. The fourth-order valence-electron chi connectivity index (χ4n) is 3.72. The van der Waals surface area contributed by atoms with Crippen LogP contribution in [-0.4, -0.2) is 41.1 Å². The molecule has 11 heteroatoms. The molecule has 3 N–H and O–H groups in total. The second-order valence-electron chi connectivity index (χ2n) is 7.95. The number of ether oxygens (including phenoxy) is 1. The Bertz CT molecular complexity index is 1470. The van der Waals surface area contributed by atoms with Crippen LogP contribution in [-0.2, 0) is 6.18 Å². The van der Waals surface area contributed by atoms with Gasteiger partial charge in [-0.2, -0.15) is 18.3 Å². The minimum Gasteiger partial charge on any atom is -0.480 e. The first-order chi connectivity index (χ1) is 17.6. The zero-order valence-electron chi connectivity index (χ0n) is 20.2. The number of rotatable bonds is 6. The van der Waals surface area contributed by atoms with Crippen LogP contribution in [0.25, 0.3) is 22.0 Å². The van der Waals surface area contributed by atoms with Crippen molar-refractivity contribution in [3.63, 3.8) is 0 Å². The van der Waals surface area contributed by atoms with Crippen LogP contribution in [0.15, 0.2) is 54.7 Å². The van der Waals surface area contributed by atoms with Gasteiger partial charge in [-0.1, -0.05) is 18.2 Å². The van der Waals surface area contributed by atoms with E-state index >= 15 is 0 Å². The number of carbonyl (C=O) groups is 2. The number of carbonyl (C=O) groups excluding carboxylic acids is 2. The predicted molar refractivity (Wildman–Crippen MR) is 127 cm³/mol. The van der Waals surface area contributed by atoms with E-state index in [4.69, 9.17) is 6.11 Å². The first-order valence-electron chi connectivity index (χ1n) is 11.4. The number of nitrogens with one attached hydrogen (secondary N) is 3. The number of aromatic amines is 1. The highest BCUT2D eigenvalue weighted by Crippen LogP contribution is 2.31. The molecular formula is C25H22F3N5O3. The van der Waals surface area contributed by atoms with Gasteiger partial charge in [-0.25, -0.2) is 4.98 Å². The summed E-state index contributed by atoms with van der Waals surface area (Å²) in [7, 11) is 1.02. The van der Waals surface area contributed by atoms with Gasteiger partial charge in [0, 0.05) is 24.2 Å². The third-order valence-corrected chi connectivity index (χ3v) is 5.63. The van der Waals surface area contributed by atoms with Crippen molar-refractivity contribution in [2.24, 2.45) is 0 Å². The highest BCUT2D eigenvalue weighted by atomic mass is 19.4. The summed E-state index contributed by atoms with van der Waals surface area (Å²) in [5.74, 6) is -1.06. The molecule has 1 atom stereocenters. The average Bonchev–Trinajstić information content (AvgIpc) is 3.31. The van der Waals surface area contributed by atoms with Gasteiger partial charge in [0.05, 0.1) is 25.6 Å². The van der Waals surface area contributed by atoms with Crippen LogP contribution in [0.1, 0.15) is 46.3 Å². The molecular weight excluding hydrogens is 475 g/mol. The van der Waals surface area contributed by atoms with E-state index in [0.717, 1.165) is 12.1 Å². The molecule has 0 saturated heterocycles. The molecule has 36 heavy (non-hydrogen) atoms. The highest BCUT2D eigenvalue weighted by Gasteiger charge is 2.31. The summed E-state index contributed by atoms with van der Waals surface area (Å²) in [6.45, 7) is 1.56. The molecule has 0 radical (unpaired) electrons. The standard InChI is InChI=1S/C25H22F3N5O3/c1-13(14-5-4-6-17(9-14)25(26,27)28)31-22(34)19-10-16(12-30-24(19)36-3)15-7-8-18-20(11-15)32-33-21(18)23(35)29-2/h4-13H,1-3H3,(H,29,35)(H,31,34)(H,32,33)/t13-/m0/s1/i3D. The third kappa shape index (κ3) is 4.85. The monoisotopic (exact) mass is 498 g/mol. The maximum Gasteiger partial charge on any atom is 0.416 e. The lowest BCUT2D eigenvalue weighted by Crippen LogP contribution is -2.27. The summed E-state index contributed by atoms with van der Waals surface area (Å²) < 4.78 is 51.9. The van der Waals surface area contributed by atoms with E-state index in [0.29, 0.717) is 22.0 Å². The molecule has 2 aromatic carbocycles. The summed E-state index contributed by atoms with van der Waals surface area (Å²) in [4.78, 5) is 29.3. The van der Waals surface area contributed by atoms with Gasteiger partial charge in [-0.05, 0) is 48.4 Å². The average molecular weight is 498 g/mol. The first kappa shape index (κ1) is 23.3. The molecule has 0 fully saturated rings. The Balaban J connectivity index is 1.64. The molecule has 4 aromatic rings. The minimum atomic E-state index is -4.51. The molecule has 186 valence electrons. The molecule has 0 spiro atoms. The van der Waals surface area contributed by atoms with Crippen molar-refractivity contribution in [3.05, 3.63) is 77.1 Å². The maximum absolute atomic E-state index is 13.1. The lowest BCUT2D eigenvalue weighted by Gasteiger charge is -2.17. The fraction of sp³-hybridized carbons (Fsp3) is 0.200. The van der Waals surface area contributed by atoms with E-state index in [1.54, 1.807) is 25.1 Å². The molecule has 0 unspecified atom stereocenters. The molecule has 2 amide bonds. The summed E-state index contributed by atoms with van der Waals surface area (Å²) in [6.07, 6.45) is -3.04. The van der Waals surface area contributed by atoms with E-state index in [1.165, 1.54) is 31.4 Å². The minimum absolute atomic E-state index is 0.0133. The van der Waals surface area contributed by atoms with Crippen molar-refractivity contribution in [1.29, 1.82) is 0 Å². The molecule has 0 aliphatic carbocycles. The van der Waals surface area contributed by atoms with Crippen LogP contribution >= 0.6 is 0 Å². The van der Waals surface area contributed by atoms with Crippen LogP contribution in [0.2, 0.25) is 0 Å². The zero-order valence-corrected chi connectivity index (χ0v) is 19.2. The number of hydrogen-bond donors (Lipinski definition) is 3. The molecule has 4 rings (SSSR count). The number of amides is 2. The lowest BCUT2D eigenvalue weighted by molar-refractivity contribution is -0.137. The molecule has 0 aliphatic heterocycles. The zero-order chi connectivity index (χ0) is 26.7. The molecule has 8 nitrogen and oxygen atoms in total. The van der Waals surface area contributed by atoms with Gasteiger partial charge in [0.15, 0.2) is 5.69 Å². The van der Waals surface area contributed by atoms with Crippen molar-refractivity contribution in [2.75, 3.05) is 14.1 Å². The van der Waals surface area contributed by atoms with Gasteiger partial charge in [-0.15, -0.1) is 0 Å². The maximum atomic E-state index is 13.1. The van der Waals surface area contributed by atoms with E-state index in [2.05, 4.69) is 25.8 Å². The second-order valence-corrected chi connectivity index (χ2v) is 7.95. The van der Waals surface area contributed by atoms with Crippen LogP contribution in [0.5, 0.6) is 5.88 Å². The van der Waals surface area contributed by atoms with Gasteiger partial charge >= 0.3 is 6.18 Å². The predicted octanol–water partition coefficient (Wildman–Crippen LogP) is 4.50. The molecule has 0 saturated carbocycles. The van der Waals surface area contributed by atoms with Gasteiger partial charge in [0.2, 0.25) is 5.88 Å². The molecule has 0 aliphatic rings. The smallest absolute Gasteiger partial charge is 0.416 e. The molecule has 2 aromatic heterocycles. The fourth-order valence-corrected chi connectivity index (χ4v) is 3.72. The number of aromatic nitrogens is 3. The van der Waals surface area contributed by atoms with Crippen molar-refractivity contribution in [3.8, 4) is 17.0 Å². The largest absolute Gasteiger partial charge is 0.480 e. The number of halogens is 3. The van der Waals surface area contributed by atoms with Crippen LogP contribution < -0.4 is 15.4 Å². The number of alkyl halides is 3. The Morgan fingerprint density at radius 2 is 1.92 bits per heavy atom. The number of benzene rings is 2. The van der Waals surface area contributed by atoms with Gasteiger partial charge in [0.1, 0.15) is 5.56 Å². The Hall–Kier alpha value is -4.41. The topological polar surface area (TPSA) is 109 Å². The Kier molecular flexibility index (Phi) is 6.28. The van der Waals surface area contributed by atoms with Gasteiger partial charge in [0.25, 0.3) is 11.8 Å². The Morgan fingerprint density at radius 1 is 1.11 bits per heavy atom. The highest BCUT2D eigenvalue weighted by molar-refractivity contribution is 6.05. The number of H-pyrrole nitrogens is 1. The van der Waals surface area contributed by atoms with Crippen molar-refractivity contribution in [1.82, 2.24) is 25.8 Å². The molecule has 0 bridgehead atoms. The summed E-state index contributed by atoms with van der Waals surface area (Å²) in [5.41, 5.74) is 1.49. The quantitative estimate of drug-likeness (QED) is 0.363. The van der Waals surface area contributed by atoms with E-state index in [9.17, 15) is 22.8 Å². The lowest BCUT2D eigenvalue weighted by atomic mass is 10.0. The first-order valence-corrected chi connectivity index (χ1v) is 10.7. The van der Waals surface area contributed by atoms with Crippen LogP contribution in [0.4, 0.5) is 13.2 Å². The van der Waals surface area contributed by atoms with Crippen molar-refractivity contribution in [2.45, 2.75) is 19.1 Å². The summed E-state index contributed by atoms with van der Waals surface area (Å²) in [5, 5.41) is 12.6. The number of nitrogens with zero attached hydrogens (tertiary/aromatic N) is 2. The Morgan fingerprint density at radius 3 is 2.64 bits per heavy atom. The number of fused-ring (bicyclic) bond motifs is 1. The van der Waals surface area contributed by atoms with Gasteiger partial charge < -0.3 is 15.4 Å². The number of pyridine rings is 1. The number of methoxy groups -OCH3 is 1. The van der Waals surface area contributed by atoms with E-state index in [-0.39, 0.29) is 28.6 Å². The Labute approximate surface area is 205 Å². The number of hydrogen-bond acceptors (Lipinski definition) is 5. The van der Waals surface area contributed by atoms with Crippen LogP contribution in [0, 0.1) is 0 Å². The third-order valence-electron chi connectivity index (χ3n) is 5.63. The van der Waals surface area contributed by atoms with E-state index < -0.39 is 30.8 Å². The van der Waals surface area contributed by atoms with Crippen molar-refractivity contribution >= 4 is 22.7 Å². The van der Waals surface area contributed by atoms with Crippen LogP contribution in [0.3, 0.4) is 0 Å². The normalized spacial score (nSPS) is 12.6.